The van der Waals surface area contributed by atoms with Crippen molar-refractivity contribution in [2.24, 2.45) is 0 Å². The molecule has 0 aliphatic rings. The number of hydrogen-bond donors (Lipinski definition) is 2. The van der Waals surface area contributed by atoms with Gasteiger partial charge in [-0.25, -0.2) is 9.78 Å². The van der Waals surface area contributed by atoms with E-state index in [-0.39, 0.29) is 17.7 Å². The third kappa shape index (κ3) is 4.09. The quantitative estimate of drug-likeness (QED) is 0.778. The van der Waals surface area contributed by atoms with Crippen LogP contribution in [0, 0.1) is 0 Å². The van der Waals surface area contributed by atoms with Crippen molar-refractivity contribution in [3.63, 3.8) is 0 Å². The molecule has 102 valence electrons. The summed E-state index contributed by atoms with van der Waals surface area (Å²) in [6, 6.07) is 3.46. The zero-order valence-electron chi connectivity index (χ0n) is 11.1. The van der Waals surface area contributed by atoms with Crippen LogP contribution in [-0.4, -0.2) is 29.1 Å². The van der Waals surface area contributed by atoms with E-state index in [2.05, 4.69) is 10.3 Å². The first-order valence-corrected chi connectivity index (χ1v) is 5.63. The number of rotatable bonds is 5. The molecule has 1 aromatic rings. The summed E-state index contributed by atoms with van der Waals surface area (Å²) in [5, 5.41) is 11.4. The highest BCUT2D eigenvalue weighted by Gasteiger charge is 2.12. The Bertz CT molecular complexity index is 506. The predicted molar refractivity (Wildman–Crippen MR) is 68.6 cm³/mol. The molecule has 6 heteroatoms. The summed E-state index contributed by atoms with van der Waals surface area (Å²) in [5.41, 5.74) is 1.02. The monoisotopic (exact) mass is 264 g/mol. The smallest absolute Gasteiger partial charge is 0.331 e. The Labute approximate surface area is 111 Å². The van der Waals surface area contributed by atoms with Crippen molar-refractivity contribution >= 4 is 11.9 Å². The second-order valence-corrected chi connectivity index (χ2v) is 3.95. The van der Waals surface area contributed by atoms with Crippen molar-refractivity contribution in [3.05, 3.63) is 35.0 Å². The van der Waals surface area contributed by atoms with Crippen molar-refractivity contribution in [3.8, 4) is 5.88 Å². The fourth-order valence-electron chi connectivity index (χ4n) is 1.28. The molecule has 0 atom stereocenters. The van der Waals surface area contributed by atoms with Gasteiger partial charge in [-0.2, -0.15) is 0 Å². The molecule has 0 unspecified atom stereocenters. The summed E-state index contributed by atoms with van der Waals surface area (Å²) in [6.45, 7) is 3.15. The molecular weight excluding hydrogens is 248 g/mol. The van der Waals surface area contributed by atoms with E-state index in [1.807, 2.05) is 0 Å². The fourth-order valence-corrected chi connectivity index (χ4v) is 1.28. The Kier molecular flexibility index (Phi) is 5.05. The molecular formula is C13H16N2O4. The lowest BCUT2D eigenvalue weighted by atomic mass is 10.1. The molecule has 0 aromatic carbocycles. The molecule has 0 aliphatic heterocycles. The Morgan fingerprint density at radius 3 is 2.47 bits per heavy atom. The molecule has 1 aromatic heterocycles. The molecule has 0 saturated carbocycles. The Hall–Kier alpha value is -2.37. The molecule has 0 spiro atoms. The molecule has 1 rings (SSSR count). The maximum atomic E-state index is 11.7. The van der Waals surface area contributed by atoms with Crippen molar-refractivity contribution in [1.29, 1.82) is 0 Å². The van der Waals surface area contributed by atoms with Gasteiger partial charge in [0.25, 0.3) is 0 Å². The van der Waals surface area contributed by atoms with Gasteiger partial charge < -0.3 is 15.2 Å². The molecule has 0 bridgehead atoms. The number of aliphatic carboxylic acids is 1. The average Bonchev–Trinajstić information content (AvgIpc) is 2.43. The molecule has 0 fully saturated rings. The van der Waals surface area contributed by atoms with E-state index >= 15 is 0 Å². The number of hydrogen-bond acceptors (Lipinski definition) is 4. The van der Waals surface area contributed by atoms with Crippen LogP contribution in [-0.2, 0) is 16.1 Å². The number of nitrogens with one attached hydrogen (secondary N) is 1. The topological polar surface area (TPSA) is 88.5 Å². The van der Waals surface area contributed by atoms with Crippen LogP contribution in [0.1, 0.15) is 19.4 Å². The number of aromatic nitrogens is 1. The van der Waals surface area contributed by atoms with Gasteiger partial charge in [-0.15, -0.1) is 0 Å². The van der Waals surface area contributed by atoms with Gasteiger partial charge in [-0.05, 0) is 19.4 Å². The first kappa shape index (κ1) is 14.7. The number of amides is 1. The first-order valence-electron chi connectivity index (χ1n) is 5.63. The Morgan fingerprint density at radius 2 is 2.00 bits per heavy atom. The van der Waals surface area contributed by atoms with Crippen LogP contribution in [0.25, 0.3) is 0 Å². The van der Waals surface area contributed by atoms with Gasteiger partial charge in [0.2, 0.25) is 11.8 Å². The molecule has 0 saturated heterocycles. The Morgan fingerprint density at radius 1 is 1.32 bits per heavy atom. The predicted octanol–water partition coefficient (Wildman–Crippen LogP) is 1.13. The van der Waals surface area contributed by atoms with Gasteiger partial charge in [0, 0.05) is 30.0 Å². The second-order valence-electron chi connectivity index (χ2n) is 3.95. The maximum Gasteiger partial charge on any atom is 0.331 e. The van der Waals surface area contributed by atoms with Gasteiger partial charge in [-0.1, -0.05) is 6.07 Å². The number of carbonyl (C=O) groups is 2. The van der Waals surface area contributed by atoms with E-state index < -0.39 is 11.9 Å². The fraction of sp³-hybridized carbons (Fsp3) is 0.308. The molecule has 1 amide bonds. The van der Waals surface area contributed by atoms with Gasteiger partial charge in [0.05, 0.1) is 7.11 Å². The van der Waals surface area contributed by atoms with Crippen LogP contribution < -0.4 is 10.1 Å². The van der Waals surface area contributed by atoms with E-state index in [9.17, 15) is 9.59 Å². The van der Waals surface area contributed by atoms with Crippen LogP contribution >= 0.6 is 0 Å². The Balaban J connectivity index is 2.63. The molecule has 0 radical (unpaired) electrons. The summed E-state index contributed by atoms with van der Waals surface area (Å²) < 4.78 is 4.92. The molecule has 0 aliphatic carbocycles. The lowest BCUT2D eigenvalue weighted by Gasteiger charge is -2.07. The van der Waals surface area contributed by atoms with Crippen LogP contribution in [0.4, 0.5) is 0 Å². The van der Waals surface area contributed by atoms with E-state index in [1.165, 1.54) is 21.0 Å². The van der Waals surface area contributed by atoms with E-state index in [4.69, 9.17) is 9.84 Å². The first-order chi connectivity index (χ1) is 8.95. The van der Waals surface area contributed by atoms with Crippen molar-refractivity contribution in [2.45, 2.75) is 20.4 Å². The molecule has 1 heterocycles. The van der Waals surface area contributed by atoms with Gasteiger partial charge in [0.1, 0.15) is 0 Å². The third-order valence-electron chi connectivity index (χ3n) is 2.68. The summed E-state index contributed by atoms with van der Waals surface area (Å²) in [7, 11) is 1.52. The van der Waals surface area contributed by atoms with Gasteiger partial charge in [0.15, 0.2) is 0 Å². The van der Waals surface area contributed by atoms with E-state index in [0.717, 1.165) is 5.56 Å². The van der Waals surface area contributed by atoms with Crippen LogP contribution in [0.15, 0.2) is 29.5 Å². The van der Waals surface area contributed by atoms with Crippen molar-refractivity contribution in [2.75, 3.05) is 7.11 Å². The van der Waals surface area contributed by atoms with E-state index in [1.54, 1.807) is 18.3 Å². The number of methoxy groups -OCH3 is 1. The average molecular weight is 264 g/mol. The summed E-state index contributed by atoms with van der Waals surface area (Å²) in [6.07, 6.45) is 1.59. The number of carboxylic acid groups (broad SMARTS) is 1. The molecule has 19 heavy (non-hydrogen) atoms. The second kappa shape index (κ2) is 6.53. The highest BCUT2D eigenvalue weighted by molar-refractivity contribution is 6.01. The van der Waals surface area contributed by atoms with Gasteiger partial charge in [-0.3, -0.25) is 4.79 Å². The number of carboxylic acids is 1. The van der Waals surface area contributed by atoms with Crippen molar-refractivity contribution in [1.82, 2.24) is 10.3 Å². The van der Waals surface area contributed by atoms with Crippen LogP contribution in [0.5, 0.6) is 5.88 Å². The highest BCUT2D eigenvalue weighted by Crippen LogP contribution is 2.07. The maximum absolute atomic E-state index is 11.7. The lowest BCUT2D eigenvalue weighted by molar-refractivity contribution is -0.133. The number of ether oxygens (including phenoxy) is 1. The molecule has 6 nitrogen and oxygen atoms in total. The SMILES string of the molecule is COc1ccc(CNC(=O)/C(C)=C(/C)C(=O)O)cn1. The zero-order chi connectivity index (χ0) is 14.4. The minimum Gasteiger partial charge on any atom is -0.481 e. The number of carbonyl (C=O) groups excluding carboxylic acids is 1. The summed E-state index contributed by atoms with van der Waals surface area (Å²) in [5.74, 6) is -1.01. The van der Waals surface area contributed by atoms with Crippen molar-refractivity contribution < 1.29 is 19.4 Å². The summed E-state index contributed by atoms with van der Waals surface area (Å²) >= 11 is 0. The number of pyridine rings is 1. The minimum absolute atomic E-state index is 0.0327. The van der Waals surface area contributed by atoms with Gasteiger partial charge >= 0.3 is 5.97 Å². The number of nitrogens with zero attached hydrogens (tertiary/aromatic N) is 1. The molecule has 2 N–H and O–H groups in total. The van der Waals surface area contributed by atoms with E-state index in [0.29, 0.717) is 5.88 Å². The zero-order valence-corrected chi connectivity index (χ0v) is 11.1. The van der Waals surface area contributed by atoms with Crippen LogP contribution in [0.3, 0.4) is 0 Å². The standard InChI is InChI=1S/C13H16N2O4/c1-8(9(2)13(17)18)12(16)15-7-10-4-5-11(19-3)14-6-10/h4-6H,7H2,1-3H3,(H,15,16)(H,17,18)/b9-8-. The normalized spacial score (nSPS) is 11.5. The summed E-state index contributed by atoms with van der Waals surface area (Å²) in [4.78, 5) is 26.4. The highest BCUT2D eigenvalue weighted by atomic mass is 16.5. The van der Waals surface area contributed by atoms with Crippen LogP contribution in [0.2, 0.25) is 0 Å². The largest absolute Gasteiger partial charge is 0.481 e. The third-order valence-corrected chi connectivity index (χ3v) is 2.68. The lowest BCUT2D eigenvalue weighted by Crippen LogP contribution is -2.25. The minimum atomic E-state index is -1.10.